The first kappa shape index (κ1) is 13.8. The van der Waals surface area contributed by atoms with Gasteiger partial charge in [0.1, 0.15) is 5.82 Å². The van der Waals surface area contributed by atoms with Gasteiger partial charge >= 0.3 is 5.97 Å². The lowest BCUT2D eigenvalue weighted by Crippen LogP contribution is -2.44. The van der Waals surface area contributed by atoms with Crippen molar-refractivity contribution in [2.24, 2.45) is 0 Å². The molecule has 0 amide bonds. The van der Waals surface area contributed by atoms with E-state index in [0.29, 0.717) is 11.3 Å². The van der Waals surface area contributed by atoms with Crippen LogP contribution in [0.1, 0.15) is 5.56 Å². The maximum Gasteiger partial charge on any atom is 0.309 e. The molecule has 0 bridgehead atoms. The molecular formula is C14H19FN2O2. The fourth-order valence-electron chi connectivity index (χ4n) is 2.20. The van der Waals surface area contributed by atoms with Crippen molar-refractivity contribution in [3.8, 4) is 0 Å². The summed E-state index contributed by atoms with van der Waals surface area (Å²) in [6.07, 6.45) is 0.108. The van der Waals surface area contributed by atoms with Crippen molar-refractivity contribution >= 4 is 11.7 Å². The summed E-state index contributed by atoms with van der Waals surface area (Å²) in [5.41, 5.74) is 1.25. The average molecular weight is 266 g/mol. The van der Waals surface area contributed by atoms with E-state index in [1.54, 1.807) is 12.1 Å². The Balaban J connectivity index is 2.08. The van der Waals surface area contributed by atoms with Gasteiger partial charge in [-0.1, -0.05) is 6.07 Å². The molecule has 5 heteroatoms. The third kappa shape index (κ3) is 3.44. The maximum atomic E-state index is 14.1. The lowest BCUT2D eigenvalue weighted by molar-refractivity contribution is -0.139. The van der Waals surface area contributed by atoms with Crippen molar-refractivity contribution in [2.45, 2.75) is 6.42 Å². The summed E-state index contributed by atoms with van der Waals surface area (Å²) in [7, 11) is 3.39. The molecule has 0 atom stereocenters. The third-order valence-corrected chi connectivity index (χ3v) is 3.43. The molecule has 2 rings (SSSR count). The standard InChI is InChI=1S/C14H19FN2O2/c1-16-5-7-17(8-6-16)13-4-3-11(9-12(13)15)10-14(18)19-2/h3-4,9H,5-8,10H2,1-2H3. The van der Waals surface area contributed by atoms with Crippen LogP contribution >= 0.6 is 0 Å². The Kier molecular flexibility index (Phi) is 4.37. The summed E-state index contributed by atoms with van der Waals surface area (Å²) in [5.74, 6) is -0.627. The second kappa shape index (κ2) is 6.02. The molecule has 4 nitrogen and oxygen atoms in total. The van der Waals surface area contributed by atoms with E-state index < -0.39 is 0 Å². The van der Waals surface area contributed by atoms with Crippen molar-refractivity contribution in [3.63, 3.8) is 0 Å². The Morgan fingerprint density at radius 2 is 2.00 bits per heavy atom. The van der Waals surface area contributed by atoms with Gasteiger partial charge in [0, 0.05) is 26.2 Å². The molecule has 1 aromatic carbocycles. The summed E-state index contributed by atoms with van der Waals surface area (Å²) in [6.45, 7) is 3.51. The number of ether oxygens (including phenoxy) is 1. The smallest absolute Gasteiger partial charge is 0.309 e. The number of piperazine rings is 1. The number of hydrogen-bond donors (Lipinski definition) is 0. The van der Waals surface area contributed by atoms with Crippen LogP contribution in [0.2, 0.25) is 0 Å². The molecule has 1 saturated heterocycles. The topological polar surface area (TPSA) is 32.8 Å². The first-order chi connectivity index (χ1) is 9.10. The average Bonchev–Trinajstić information content (AvgIpc) is 2.40. The van der Waals surface area contributed by atoms with Gasteiger partial charge in [0.2, 0.25) is 0 Å². The molecule has 0 saturated carbocycles. The molecule has 1 fully saturated rings. The van der Waals surface area contributed by atoms with Crippen LogP contribution in [0.15, 0.2) is 18.2 Å². The number of hydrogen-bond acceptors (Lipinski definition) is 4. The predicted octanol–water partition coefficient (Wildman–Crippen LogP) is 1.29. The second-order valence-electron chi connectivity index (χ2n) is 4.83. The minimum atomic E-state index is -0.355. The van der Waals surface area contributed by atoms with Gasteiger partial charge in [0.05, 0.1) is 19.2 Å². The number of nitrogens with zero attached hydrogens (tertiary/aromatic N) is 2. The van der Waals surface area contributed by atoms with Crippen molar-refractivity contribution in [3.05, 3.63) is 29.6 Å². The molecule has 19 heavy (non-hydrogen) atoms. The van der Waals surface area contributed by atoms with Crippen LogP contribution < -0.4 is 4.90 Å². The van der Waals surface area contributed by atoms with E-state index in [-0.39, 0.29) is 18.2 Å². The summed E-state index contributed by atoms with van der Waals surface area (Å²) in [4.78, 5) is 15.4. The molecule has 0 unspecified atom stereocenters. The molecule has 1 aromatic rings. The molecule has 0 spiro atoms. The number of methoxy groups -OCH3 is 1. The summed E-state index contributed by atoms with van der Waals surface area (Å²) in [5, 5.41) is 0. The van der Waals surface area contributed by atoms with Gasteiger partial charge in [-0.25, -0.2) is 4.39 Å². The number of rotatable bonds is 3. The maximum absolute atomic E-state index is 14.1. The summed E-state index contributed by atoms with van der Waals surface area (Å²) < 4.78 is 18.7. The Hall–Kier alpha value is -1.62. The number of likely N-dealkylation sites (N-methyl/N-ethyl adjacent to an activating group) is 1. The van der Waals surface area contributed by atoms with Crippen LogP contribution in [0.25, 0.3) is 0 Å². The van der Waals surface area contributed by atoms with Gasteiger partial charge in [-0.05, 0) is 24.7 Å². The summed E-state index contributed by atoms with van der Waals surface area (Å²) in [6, 6.07) is 4.96. The highest BCUT2D eigenvalue weighted by Gasteiger charge is 2.17. The van der Waals surface area contributed by atoms with E-state index in [1.165, 1.54) is 13.2 Å². The van der Waals surface area contributed by atoms with Crippen molar-refractivity contribution in [1.82, 2.24) is 4.90 Å². The van der Waals surface area contributed by atoms with Crippen LogP contribution in [0.4, 0.5) is 10.1 Å². The highest BCUT2D eigenvalue weighted by atomic mass is 19.1. The van der Waals surface area contributed by atoms with Crippen molar-refractivity contribution < 1.29 is 13.9 Å². The Labute approximate surface area is 112 Å². The van der Waals surface area contributed by atoms with E-state index >= 15 is 0 Å². The van der Waals surface area contributed by atoms with Crippen LogP contribution in [0.3, 0.4) is 0 Å². The molecule has 1 aliphatic rings. The molecule has 0 aliphatic carbocycles. The van der Waals surface area contributed by atoms with Gasteiger partial charge in [-0.3, -0.25) is 4.79 Å². The second-order valence-corrected chi connectivity index (χ2v) is 4.83. The van der Waals surface area contributed by atoms with E-state index in [4.69, 9.17) is 0 Å². The zero-order chi connectivity index (χ0) is 13.8. The first-order valence-electron chi connectivity index (χ1n) is 6.39. The fourth-order valence-corrected chi connectivity index (χ4v) is 2.20. The van der Waals surface area contributed by atoms with E-state index in [1.807, 2.05) is 4.90 Å². The number of carbonyl (C=O) groups excluding carboxylic acids is 1. The van der Waals surface area contributed by atoms with Gasteiger partial charge in [0.15, 0.2) is 0 Å². The zero-order valence-electron chi connectivity index (χ0n) is 11.4. The van der Waals surface area contributed by atoms with Gasteiger partial charge in [-0.2, -0.15) is 0 Å². The Bertz CT molecular complexity index is 457. The highest BCUT2D eigenvalue weighted by molar-refractivity contribution is 5.72. The van der Waals surface area contributed by atoms with E-state index in [9.17, 15) is 9.18 Å². The molecule has 0 aromatic heterocycles. The highest BCUT2D eigenvalue weighted by Crippen LogP contribution is 2.22. The minimum absolute atomic E-state index is 0.108. The number of benzene rings is 1. The quantitative estimate of drug-likeness (QED) is 0.772. The first-order valence-corrected chi connectivity index (χ1v) is 6.39. The lowest BCUT2D eigenvalue weighted by Gasteiger charge is -2.34. The minimum Gasteiger partial charge on any atom is -0.469 e. The molecule has 1 aliphatic heterocycles. The van der Waals surface area contributed by atoms with Gasteiger partial charge in [0.25, 0.3) is 0 Å². The molecule has 0 N–H and O–H groups in total. The Morgan fingerprint density at radius 1 is 1.32 bits per heavy atom. The van der Waals surface area contributed by atoms with Gasteiger partial charge < -0.3 is 14.5 Å². The van der Waals surface area contributed by atoms with Crippen LogP contribution in [0.5, 0.6) is 0 Å². The number of anilines is 1. The van der Waals surface area contributed by atoms with Crippen molar-refractivity contribution in [2.75, 3.05) is 45.2 Å². The Morgan fingerprint density at radius 3 is 2.58 bits per heavy atom. The monoisotopic (exact) mass is 266 g/mol. The van der Waals surface area contributed by atoms with E-state index in [0.717, 1.165) is 26.2 Å². The largest absolute Gasteiger partial charge is 0.469 e. The predicted molar refractivity (Wildman–Crippen MR) is 71.8 cm³/mol. The SMILES string of the molecule is COC(=O)Cc1ccc(N2CCN(C)CC2)c(F)c1. The van der Waals surface area contributed by atoms with E-state index in [2.05, 4.69) is 16.7 Å². The molecule has 104 valence electrons. The third-order valence-electron chi connectivity index (χ3n) is 3.43. The zero-order valence-corrected chi connectivity index (χ0v) is 11.4. The van der Waals surface area contributed by atoms with Crippen LogP contribution in [-0.2, 0) is 16.0 Å². The molecule has 0 radical (unpaired) electrons. The fraction of sp³-hybridized carbons (Fsp3) is 0.500. The molecular weight excluding hydrogens is 247 g/mol. The number of esters is 1. The van der Waals surface area contributed by atoms with Crippen LogP contribution in [0, 0.1) is 5.82 Å². The normalized spacial score (nSPS) is 16.5. The summed E-state index contributed by atoms with van der Waals surface area (Å²) >= 11 is 0. The number of halogens is 1. The van der Waals surface area contributed by atoms with Crippen LogP contribution in [-0.4, -0.2) is 51.2 Å². The molecule has 1 heterocycles. The van der Waals surface area contributed by atoms with Gasteiger partial charge in [-0.15, -0.1) is 0 Å². The lowest BCUT2D eigenvalue weighted by atomic mass is 10.1. The number of carbonyl (C=O) groups is 1. The van der Waals surface area contributed by atoms with Crippen molar-refractivity contribution in [1.29, 1.82) is 0 Å².